The average molecular weight is 473 g/mol. The molecule has 2 N–H and O–H groups in total. The van der Waals surface area contributed by atoms with Gasteiger partial charge in [0.1, 0.15) is 5.82 Å². The van der Waals surface area contributed by atoms with E-state index in [1.165, 1.54) is 12.8 Å². The fourth-order valence-corrected chi connectivity index (χ4v) is 2.81. The number of aliphatic imine (C=N–C) groups is 1. The van der Waals surface area contributed by atoms with Crippen molar-refractivity contribution in [3.63, 3.8) is 0 Å². The lowest BCUT2D eigenvalue weighted by Crippen LogP contribution is -2.44. The van der Waals surface area contributed by atoms with Crippen molar-refractivity contribution in [2.45, 2.75) is 60.0 Å². The minimum Gasteiger partial charge on any atom is -0.357 e. The number of halogens is 1. The van der Waals surface area contributed by atoms with Crippen molar-refractivity contribution in [2.24, 2.45) is 16.8 Å². The summed E-state index contributed by atoms with van der Waals surface area (Å²) in [6, 6.07) is 4.68. The zero-order valence-corrected chi connectivity index (χ0v) is 19.3. The molecule has 0 spiro atoms. The second kappa shape index (κ2) is 11.6. The second-order valence-electron chi connectivity index (χ2n) is 7.57. The van der Waals surface area contributed by atoms with Crippen LogP contribution in [0.15, 0.2) is 23.3 Å². The Morgan fingerprint density at radius 3 is 2.50 bits per heavy atom. The van der Waals surface area contributed by atoms with Crippen molar-refractivity contribution in [3.8, 4) is 0 Å². The molecular formula is C20H36IN5. The van der Waals surface area contributed by atoms with Gasteiger partial charge in [-0.15, -0.1) is 24.0 Å². The molecule has 148 valence electrons. The van der Waals surface area contributed by atoms with Gasteiger partial charge >= 0.3 is 0 Å². The Kier molecular flexibility index (Phi) is 10.3. The van der Waals surface area contributed by atoms with Crippen molar-refractivity contribution < 1.29 is 0 Å². The molecule has 6 heteroatoms. The molecule has 5 nitrogen and oxygen atoms in total. The van der Waals surface area contributed by atoms with Crippen LogP contribution in [-0.4, -0.2) is 36.6 Å². The Bertz CT molecular complexity index is 536. The number of nitrogens with one attached hydrogen (secondary N) is 2. The standard InChI is InChI=1S/C20H35N5.HI/c1-6-21-20(24-17(5)15(2)3)23-14-18-7-8-19(22-13-18)25-11-9-16(4)10-12-25;/h7-8,13,15-17H,6,9-12,14H2,1-5H3,(H2,21,23,24);1H. The van der Waals surface area contributed by atoms with Gasteiger partial charge in [-0.25, -0.2) is 9.98 Å². The monoisotopic (exact) mass is 473 g/mol. The van der Waals surface area contributed by atoms with E-state index in [4.69, 9.17) is 4.99 Å². The highest BCUT2D eigenvalue weighted by molar-refractivity contribution is 14.0. The van der Waals surface area contributed by atoms with E-state index in [0.29, 0.717) is 18.5 Å². The maximum absolute atomic E-state index is 4.70. The van der Waals surface area contributed by atoms with Gasteiger partial charge in [0.05, 0.1) is 6.54 Å². The van der Waals surface area contributed by atoms with E-state index in [1.807, 2.05) is 6.20 Å². The van der Waals surface area contributed by atoms with Gasteiger partial charge in [0.25, 0.3) is 0 Å². The first kappa shape index (κ1) is 23.0. The number of hydrogen-bond donors (Lipinski definition) is 2. The van der Waals surface area contributed by atoms with Gasteiger partial charge in [-0.3, -0.25) is 0 Å². The SMILES string of the molecule is CCNC(=NCc1ccc(N2CCC(C)CC2)nc1)NC(C)C(C)C.I. The van der Waals surface area contributed by atoms with Crippen molar-refractivity contribution in [2.75, 3.05) is 24.5 Å². The second-order valence-corrected chi connectivity index (χ2v) is 7.57. The molecule has 1 aliphatic heterocycles. The van der Waals surface area contributed by atoms with E-state index >= 15 is 0 Å². The van der Waals surface area contributed by atoms with Gasteiger partial charge in [-0.05, 0) is 50.2 Å². The van der Waals surface area contributed by atoms with E-state index in [0.717, 1.165) is 42.9 Å². The summed E-state index contributed by atoms with van der Waals surface area (Å²) in [7, 11) is 0. The molecule has 2 heterocycles. The number of anilines is 1. The molecule has 1 fully saturated rings. The number of hydrogen-bond acceptors (Lipinski definition) is 3. The maximum atomic E-state index is 4.70. The largest absolute Gasteiger partial charge is 0.357 e. The lowest BCUT2D eigenvalue weighted by atomic mass is 9.99. The molecule has 1 aliphatic rings. The lowest BCUT2D eigenvalue weighted by Gasteiger charge is -2.31. The van der Waals surface area contributed by atoms with E-state index in [2.05, 4.69) is 67.3 Å². The Morgan fingerprint density at radius 2 is 1.96 bits per heavy atom. The minimum atomic E-state index is 0. The summed E-state index contributed by atoms with van der Waals surface area (Å²) < 4.78 is 0. The molecule has 0 saturated carbocycles. The molecule has 1 aromatic rings. The van der Waals surface area contributed by atoms with Gasteiger partial charge in [-0.1, -0.05) is 26.8 Å². The zero-order valence-electron chi connectivity index (χ0n) is 17.0. The molecule has 1 unspecified atom stereocenters. The van der Waals surface area contributed by atoms with E-state index in [1.54, 1.807) is 0 Å². The zero-order chi connectivity index (χ0) is 18.2. The number of guanidine groups is 1. The molecule has 0 bridgehead atoms. The minimum absolute atomic E-state index is 0. The number of rotatable bonds is 6. The van der Waals surface area contributed by atoms with Crippen LogP contribution in [0.25, 0.3) is 0 Å². The van der Waals surface area contributed by atoms with Crippen molar-refractivity contribution in [1.29, 1.82) is 0 Å². The Hall–Kier alpha value is -1.05. The van der Waals surface area contributed by atoms with Crippen LogP contribution >= 0.6 is 24.0 Å². The smallest absolute Gasteiger partial charge is 0.191 e. The number of pyridine rings is 1. The summed E-state index contributed by atoms with van der Waals surface area (Å²) in [5.41, 5.74) is 1.14. The fraction of sp³-hybridized carbons (Fsp3) is 0.700. The van der Waals surface area contributed by atoms with Gasteiger partial charge in [0.2, 0.25) is 0 Å². The summed E-state index contributed by atoms with van der Waals surface area (Å²) in [6.07, 6.45) is 4.49. The quantitative estimate of drug-likeness (QED) is 0.372. The average Bonchev–Trinajstić information content (AvgIpc) is 2.61. The highest BCUT2D eigenvalue weighted by Gasteiger charge is 2.16. The lowest BCUT2D eigenvalue weighted by molar-refractivity contribution is 0.436. The third-order valence-corrected chi connectivity index (χ3v) is 5.05. The van der Waals surface area contributed by atoms with E-state index in [-0.39, 0.29) is 24.0 Å². The van der Waals surface area contributed by atoms with E-state index < -0.39 is 0 Å². The van der Waals surface area contributed by atoms with Crippen LogP contribution in [0.3, 0.4) is 0 Å². The normalized spacial score (nSPS) is 17.0. The summed E-state index contributed by atoms with van der Waals surface area (Å²) in [5, 5.41) is 6.78. The molecule has 26 heavy (non-hydrogen) atoms. The summed E-state index contributed by atoms with van der Waals surface area (Å²) in [4.78, 5) is 11.7. The van der Waals surface area contributed by atoms with Gasteiger partial charge < -0.3 is 15.5 Å². The van der Waals surface area contributed by atoms with Crippen LogP contribution < -0.4 is 15.5 Å². The molecule has 0 radical (unpaired) electrons. The first-order valence-corrected chi connectivity index (χ1v) is 9.74. The highest BCUT2D eigenvalue weighted by Crippen LogP contribution is 2.21. The Labute approximate surface area is 176 Å². The molecule has 0 aliphatic carbocycles. The molecule has 0 aromatic carbocycles. The Balaban J connectivity index is 0.00000338. The highest BCUT2D eigenvalue weighted by atomic mass is 127. The predicted molar refractivity (Wildman–Crippen MR) is 123 cm³/mol. The van der Waals surface area contributed by atoms with Gasteiger partial charge in [0.15, 0.2) is 5.96 Å². The third kappa shape index (κ3) is 7.29. The van der Waals surface area contributed by atoms with Crippen LogP contribution in [0, 0.1) is 11.8 Å². The molecular weight excluding hydrogens is 437 g/mol. The predicted octanol–water partition coefficient (Wildman–Crippen LogP) is 4.04. The fourth-order valence-electron chi connectivity index (χ4n) is 2.81. The first-order chi connectivity index (χ1) is 12.0. The van der Waals surface area contributed by atoms with Crippen LogP contribution in [0.4, 0.5) is 5.82 Å². The maximum Gasteiger partial charge on any atom is 0.191 e. The molecule has 1 saturated heterocycles. The van der Waals surface area contributed by atoms with Crippen LogP contribution in [-0.2, 0) is 6.54 Å². The number of piperidine rings is 1. The van der Waals surface area contributed by atoms with E-state index in [9.17, 15) is 0 Å². The third-order valence-electron chi connectivity index (χ3n) is 5.05. The number of aromatic nitrogens is 1. The summed E-state index contributed by atoms with van der Waals surface area (Å²) in [5.74, 6) is 3.38. The van der Waals surface area contributed by atoms with Crippen LogP contribution in [0.5, 0.6) is 0 Å². The van der Waals surface area contributed by atoms with Crippen molar-refractivity contribution >= 4 is 35.8 Å². The first-order valence-electron chi connectivity index (χ1n) is 9.74. The number of nitrogens with zero attached hydrogens (tertiary/aromatic N) is 3. The molecule has 1 aromatic heterocycles. The van der Waals surface area contributed by atoms with Crippen LogP contribution in [0.2, 0.25) is 0 Å². The topological polar surface area (TPSA) is 52.6 Å². The molecule has 2 rings (SSSR count). The van der Waals surface area contributed by atoms with Gasteiger partial charge in [-0.2, -0.15) is 0 Å². The van der Waals surface area contributed by atoms with Crippen molar-refractivity contribution in [3.05, 3.63) is 23.9 Å². The molecule has 0 amide bonds. The van der Waals surface area contributed by atoms with Crippen molar-refractivity contribution in [1.82, 2.24) is 15.6 Å². The summed E-state index contributed by atoms with van der Waals surface area (Å²) in [6.45, 7) is 14.8. The summed E-state index contributed by atoms with van der Waals surface area (Å²) >= 11 is 0. The molecule has 1 atom stereocenters. The van der Waals surface area contributed by atoms with Gasteiger partial charge in [0, 0.05) is 31.9 Å². The Morgan fingerprint density at radius 1 is 1.27 bits per heavy atom. The van der Waals surface area contributed by atoms with Crippen LogP contribution in [0.1, 0.15) is 53.0 Å².